The van der Waals surface area contributed by atoms with E-state index in [0.29, 0.717) is 24.5 Å². The van der Waals surface area contributed by atoms with Gasteiger partial charge >= 0.3 is 0 Å². The Kier molecular flexibility index (Phi) is 7.05. The van der Waals surface area contributed by atoms with Crippen molar-refractivity contribution in [2.24, 2.45) is 0 Å². The molecular formula is C23H25N3O3. The van der Waals surface area contributed by atoms with Crippen LogP contribution in [0.2, 0.25) is 0 Å². The third-order valence-electron chi connectivity index (χ3n) is 4.40. The molecule has 150 valence electrons. The van der Waals surface area contributed by atoms with Crippen LogP contribution in [0.15, 0.2) is 66.9 Å². The maximum absolute atomic E-state index is 12.6. The van der Waals surface area contributed by atoms with Crippen LogP contribution in [-0.4, -0.2) is 31.2 Å². The molecule has 0 unspecified atom stereocenters. The van der Waals surface area contributed by atoms with Crippen LogP contribution in [0.25, 0.3) is 0 Å². The third-order valence-corrected chi connectivity index (χ3v) is 4.40. The topological polar surface area (TPSA) is 72.5 Å². The number of aromatic nitrogens is 1. The van der Waals surface area contributed by atoms with Gasteiger partial charge in [-0.15, -0.1) is 0 Å². The van der Waals surface area contributed by atoms with E-state index in [2.05, 4.69) is 22.5 Å². The minimum Gasteiger partial charge on any atom is -0.497 e. The summed E-state index contributed by atoms with van der Waals surface area (Å²) in [4.78, 5) is 16.9. The minimum absolute atomic E-state index is 0.161. The van der Waals surface area contributed by atoms with Gasteiger partial charge in [0.25, 0.3) is 5.91 Å². The molecule has 0 spiro atoms. The fourth-order valence-electron chi connectivity index (χ4n) is 2.83. The van der Waals surface area contributed by atoms with Crippen LogP contribution in [0.1, 0.15) is 22.8 Å². The van der Waals surface area contributed by atoms with E-state index in [9.17, 15) is 4.79 Å². The number of rotatable bonds is 9. The SMILES string of the molecule is CCc1ccccc1NC(=O)c1ccnc(NCCOc2ccc(OC)cc2)c1. The Balaban J connectivity index is 1.52. The number of amides is 1. The third kappa shape index (κ3) is 5.72. The van der Waals surface area contributed by atoms with E-state index in [4.69, 9.17) is 9.47 Å². The van der Waals surface area contributed by atoms with Gasteiger partial charge in [-0.25, -0.2) is 4.98 Å². The van der Waals surface area contributed by atoms with E-state index in [0.717, 1.165) is 29.2 Å². The summed E-state index contributed by atoms with van der Waals surface area (Å²) in [6.07, 6.45) is 2.47. The number of anilines is 2. The van der Waals surface area contributed by atoms with E-state index in [-0.39, 0.29) is 5.91 Å². The van der Waals surface area contributed by atoms with Gasteiger partial charge in [-0.2, -0.15) is 0 Å². The van der Waals surface area contributed by atoms with Crippen molar-refractivity contribution in [2.45, 2.75) is 13.3 Å². The zero-order valence-corrected chi connectivity index (χ0v) is 16.6. The summed E-state index contributed by atoms with van der Waals surface area (Å²) in [5.41, 5.74) is 2.48. The number of ether oxygens (including phenoxy) is 2. The quantitative estimate of drug-likeness (QED) is 0.529. The molecule has 6 heteroatoms. The number of carbonyl (C=O) groups is 1. The maximum Gasteiger partial charge on any atom is 0.255 e. The molecule has 3 aromatic rings. The highest BCUT2D eigenvalue weighted by atomic mass is 16.5. The average molecular weight is 391 g/mol. The normalized spacial score (nSPS) is 10.3. The van der Waals surface area contributed by atoms with Gasteiger partial charge in [0.15, 0.2) is 0 Å². The molecule has 3 rings (SSSR count). The molecule has 0 saturated heterocycles. The molecule has 6 nitrogen and oxygen atoms in total. The number of para-hydroxylation sites is 1. The molecule has 0 bridgehead atoms. The lowest BCUT2D eigenvalue weighted by Gasteiger charge is -2.11. The Morgan fingerprint density at radius 3 is 2.55 bits per heavy atom. The molecule has 2 N–H and O–H groups in total. The number of benzene rings is 2. The van der Waals surface area contributed by atoms with Gasteiger partial charge in [0, 0.05) is 17.4 Å². The van der Waals surface area contributed by atoms with Gasteiger partial charge < -0.3 is 20.1 Å². The van der Waals surface area contributed by atoms with E-state index in [1.54, 1.807) is 25.4 Å². The summed E-state index contributed by atoms with van der Waals surface area (Å²) in [6.45, 7) is 3.09. The van der Waals surface area contributed by atoms with Crippen LogP contribution in [0.3, 0.4) is 0 Å². The molecule has 0 radical (unpaired) electrons. The van der Waals surface area contributed by atoms with Crippen molar-refractivity contribution in [2.75, 3.05) is 30.9 Å². The van der Waals surface area contributed by atoms with E-state index in [1.165, 1.54) is 0 Å². The average Bonchev–Trinajstić information content (AvgIpc) is 2.77. The van der Waals surface area contributed by atoms with Gasteiger partial charge in [-0.1, -0.05) is 25.1 Å². The fraction of sp³-hybridized carbons (Fsp3) is 0.217. The zero-order chi connectivity index (χ0) is 20.5. The zero-order valence-electron chi connectivity index (χ0n) is 16.6. The second-order valence-electron chi connectivity index (χ2n) is 6.35. The first kappa shape index (κ1) is 20.2. The van der Waals surface area contributed by atoms with Gasteiger partial charge in [0.1, 0.15) is 23.9 Å². The monoisotopic (exact) mass is 391 g/mol. The van der Waals surface area contributed by atoms with E-state index >= 15 is 0 Å². The van der Waals surface area contributed by atoms with Crippen LogP contribution in [0, 0.1) is 0 Å². The van der Waals surface area contributed by atoms with Crippen LogP contribution in [0.5, 0.6) is 11.5 Å². The molecule has 0 aliphatic carbocycles. The number of hydrogen-bond donors (Lipinski definition) is 2. The Morgan fingerprint density at radius 1 is 1.03 bits per heavy atom. The number of nitrogens with one attached hydrogen (secondary N) is 2. The van der Waals surface area contributed by atoms with Crippen LogP contribution >= 0.6 is 0 Å². The predicted octanol–water partition coefficient (Wildman–Crippen LogP) is 4.40. The van der Waals surface area contributed by atoms with Crippen LogP contribution < -0.4 is 20.1 Å². The molecular weight excluding hydrogens is 366 g/mol. The second-order valence-corrected chi connectivity index (χ2v) is 6.35. The summed E-state index contributed by atoms with van der Waals surface area (Å²) >= 11 is 0. The fourth-order valence-corrected chi connectivity index (χ4v) is 2.83. The summed E-state index contributed by atoms with van der Waals surface area (Å²) in [6, 6.07) is 18.7. The highest BCUT2D eigenvalue weighted by Crippen LogP contribution is 2.18. The summed E-state index contributed by atoms with van der Waals surface area (Å²) in [5, 5.41) is 6.15. The number of pyridine rings is 1. The van der Waals surface area contributed by atoms with Crippen LogP contribution in [-0.2, 0) is 6.42 Å². The lowest BCUT2D eigenvalue weighted by Crippen LogP contribution is -2.15. The molecule has 0 fully saturated rings. The van der Waals surface area contributed by atoms with Crippen molar-refractivity contribution >= 4 is 17.4 Å². The molecule has 29 heavy (non-hydrogen) atoms. The Labute approximate surface area is 170 Å². The number of aryl methyl sites for hydroxylation is 1. The summed E-state index contributed by atoms with van der Waals surface area (Å²) < 4.78 is 10.8. The maximum atomic E-state index is 12.6. The first-order valence-electron chi connectivity index (χ1n) is 9.55. The highest BCUT2D eigenvalue weighted by molar-refractivity contribution is 6.05. The summed E-state index contributed by atoms with van der Waals surface area (Å²) in [5.74, 6) is 2.02. The first-order chi connectivity index (χ1) is 14.2. The molecule has 1 heterocycles. The van der Waals surface area contributed by atoms with Crippen molar-refractivity contribution in [1.29, 1.82) is 0 Å². The van der Waals surface area contributed by atoms with Gasteiger partial charge in [0.2, 0.25) is 0 Å². The Bertz CT molecular complexity index is 942. The Hall–Kier alpha value is -3.54. The smallest absolute Gasteiger partial charge is 0.255 e. The van der Waals surface area contributed by atoms with Gasteiger partial charge in [-0.05, 0) is 54.4 Å². The number of nitrogens with zero attached hydrogens (tertiary/aromatic N) is 1. The minimum atomic E-state index is -0.161. The number of carbonyl (C=O) groups excluding carboxylic acids is 1. The largest absolute Gasteiger partial charge is 0.497 e. The van der Waals surface area contributed by atoms with Crippen molar-refractivity contribution in [3.8, 4) is 11.5 Å². The van der Waals surface area contributed by atoms with Gasteiger partial charge in [0.05, 0.1) is 13.7 Å². The molecule has 0 aliphatic heterocycles. The highest BCUT2D eigenvalue weighted by Gasteiger charge is 2.09. The molecule has 1 aromatic heterocycles. The van der Waals surface area contributed by atoms with Crippen molar-refractivity contribution in [3.05, 3.63) is 78.0 Å². The number of methoxy groups -OCH3 is 1. The molecule has 2 aromatic carbocycles. The van der Waals surface area contributed by atoms with Crippen molar-refractivity contribution in [1.82, 2.24) is 4.98 Å². The Morgan fingerprint density at radius 2 is 1.79 bits per heavy atom. The molecule has 0 aliphatic rings. The standard InChI is InChI=1S/C23H25N3O3/c1-3-17-6-4-5-7-21(17)26-23(27)18-12-13-24-22(16-18)25-14-15-29-20-10-8-19(28-2)9-11-20/h4-13,16H,3,14-15H2,1-2H3,(H,24,25)(H,26,27). The van der Waals surface area contributed by atoms with E-state index in [1.807, 2.05) is 48.5 Å². The summed E-state index contributed by atoms with van der Waals surface area (Å²) in [7, 11) is 1.63. The predicted molar refractivity (Wildman–Crippen MR) is 115 cm³/mol. The number of hydrogen-bond acceptors (Lipinski definition) is 5. The molecule has 0 atom stereocenters. The van der Waals surface area contributed by atoms with Crippen LogP contribution in [0.4, 0.5) is 11.5 Å². The first-order valence-corrected chi connectivity index (χ1v) is 9.55. The lowest BCUT2D eigenvalue weighted by atomic mass is 10.1. The molecule has 1 amide bonds. The molecule has 0 saturated carbocycles. The lowest BCUT2D eigenvalue weighted by molar-refractivity contribution is 0.102. The van der Waals surface area contributed by atoms with Crippen molar-refractivity contribution in [3.63, 3.8) is 0 Å². The van der Waals surface area contributed by atoms with E-state index < -0.39 is 0 Å². The second kappa shape index (κ2) is 10.1. The van der Waals surface area contributed by atoms with Gasteiger partial charge in [-0.3, -0.25) is 4.79 Å². The van der Waals surface area contributed by atoms with Crippen molar-refractivity contribution < 1.29 is 14.3 Å².